The molecule has 1 aliphatic rings. The number of benzene rings is 2. The maximum Gasteiger partial charge on any atom is 0.230 e. The van der Waals surface area contributed by atoms with E-state index in [1.807, 2.05) is 30.3 Å². The summed E-state index contributed by atoms with van der Waals surface area (Å²) in [6.07, 6.45) is 0.594. The quantitative estimate of drug-likeness (QED) is 0.704. The number of hydrogen-bond donors (Lipinski definition) is 3. The first-order valence-corrected chi connectivity index (χ1v) is 9.37. The maximum atomic E-state index is 12.2. The molecule has 2 aromatic carbocycles. The Hall–Kier alpha value is -2.17. The molecule has 4 heteroatoms. The molecule has 0 aromatic heterocycles. The van der Waals surface area contributed by atoms with Crippen molar-refractivity contribution in [2.75, 3.05) is 44.6 Å². The highest BCUT2D eigenvalue weighted by Gasteiger charge is 2.21. The SMILES string of the molecule is CC[NH+]1CC[NH+](CCC(=O)Nc2ccc(-c3ccccc3)cc2)CC1. The number of likely N-dealkylation sites (N-methyl/N-ethyl adjacent to an activating group) is 1. The van der Waals surface area contributed by atoms with Crippen LogP contribution in [0.2, 0.25) is 0 Å². The molecule has 1 saturated heterocycles. The number of carbonyl (C=O) groups excluding carboxylic acids is 1. The monoisotopic (exact) mass is 339 g/mol. The molecule has 4 nitrogen and oxygen atoms in total. The zero-order chi connectivity index (χ0) is 17.5. The van der Waals surface area contributed by atoms with Crippen LogP contribution >= 0.6 is 0 Å². The van der Waals surface area contributed by atoms with E-state index in [0.717, 1.165) is 12.2 Å². The van der Waals surface area contributed by atoms with Crippen molar-refractivity contribution in [3.8, 4) is 11.1 Å². The van der Waals surface area contributed by atoms with Gasteiger partial charge in [-0.15, -0.1) is 0 Å². The maximum absolute atomic E-state index is 12.2. The molecule has 25 heavy (non-hydrogen) atoms. The van der Waals surface area contributed by atoms with E-state index in [9.17, 15) is 4.79 Å². The summed E-state index contributed by atoms with van der Waals surface area (Å²) in [5.41, 5.74) is 3.23. The molecule has 2 aromatic rings. The molecule has 0 saturated carbocycles. The van der Waals surface area contributed by atoms with Crippen LogP contribution in [0.15, 0.2) is 54.6 Å². The van der Waals surface area contributed by atoms with Gasteiger partial charge < -0.3 is 15.1 Å². The number of quaternary nitrogens is 2. The second kappa shape index (κ2) is 8.79. The third-order valence-corrected chi connectivity index (χ3v) is 5.15. The zero-order valence-corrected chi connectivity index (χ0v) is 15.1. The lowest BCUT2D eigenvalue weighted by molar-refractivity contribution is -1.01. The Morgan fingerprint density at radius 2 is 1.48 bits per heavy atom. The molecule has 1 aliphatic heterocycles. The molecule has 0 spiro atoms. The Morgan fingerprint density at radius 3 is 2.12 bits per heavy atom. The minimum atomic E-state index is 0.116. The van der Waals surface area contributed by atoms with Crippen molar-refractivity contribution in [2.45, 2.75) is 13.3 Å². The molecule has 3 N–H and O–H groups in total. The predicted molar refractivity (Wildman–Crippen MR) is 102 cm³/mol. The molecular weight excluding hydrogens is 310 g/mol. The molecule has 0 radical (unpaired) electrons. The minimum absolute atomic E-state index is 0.116. The Bertz CT molecular complexity index is 661. The highest BCUT2D eigenvalue weighted by molar-refractivity contribution is 5.91. The molecule has 0 aliphatic carbocycles. The van der Waals surface area contributed by atoms with Gasteiger partial charge in [-0.3, -0.25) is 4.79 Å². The Morgan fingerprint density at radius 1 is 0.880 bits per heavy atom. The van der Waals surface area contributed by atoms with Crippen molar-refractivity contribution in [3.05, 3.63) is 54.6 Å². The Kier molecular flexibility index (Phi) is 6.20. The number of carbonyl (C=O) groups is 1. The Labute approximate surface area is 150 Å². The highest BCUT2D eigenvalue weighted by Crippen LogP contribution is 2.20. The van der Waals surface area contributed by atoms with Crippen LogP contribution in [0, 0.1) is 0 Å². The largest absolute Gasteiger partial charge is 0.326 e. The first-order chi connectivity index (χ1) is 12.2. The summed E-state index contributed by atoms with van der Waals surface area (Å²) in [6, 6.07) is 18.4. The van der Waals surface area contributed by atoms with Gasteiger partial charge in [0.1, 0.15) is 26.2 Å². The fraction of sp³-hybridized carbons (Fsp3) is 0.381. The van der Waals surface area contributed by atoms with Gasteiger partial charge in [0, 0.05) is 5.69 Å². The van der Waals surface area contributed by atoms with Crippen LogP contribution in [-0.4, -0.2) is 45.2 Å². The summed E-state index contributed by atoms with van der Waals surface area (Å²) in [6.45, 7) is 9.22. The van der Waals surface area contributed by atoms with Gasteiger partial charge in [0.2, 0.25) is 5.91 Å². The fourth-order valence-electron chi connectivity index (χ4n) is 3.45. The molecule has 1 fully saturated rings. The number of hydrogen-bond acceptors (Lipinski definition) is 1. The second-order valence-electron chi connectivity index (χ2n) is 6.85. The van der Waals surface area contributed by atoms with Crippen molar-refractivity contribution in [1.82, 2.24) is 0 Å². The summed E-state index contributed by atoms with van der Waals surface area (Å²) in [5, 5.41) is 3.02. The first kappa shape index (κ1) is 17.6. The molecule has 1 heterocycles. The summed E-state index contributed by atoms with van der Waals surface area (Å²) in [5.74, 6) is 0.116. The van der Waals surface area contributed by atoms with E-state index in [2.05, 4.69) is 36.5 Å². The normalized spacial score (nSPS) is 20.2. The standard InChI is InChI=1S/C21H27N3O/c1-2-23-14-16-24(17-15-23)13-12-21(25)22-20-10-8-19(9-11-20)18-6-4-3-5-7-18/h3-11H,2,12-17H2,1H3,(H,22,25)/p+2. The topological polar surface area (TPSA) is 38.0 Å². The molecular formula is C21H29N3O+2. The van der Waals surface area contributed by atoms with Crippen LogP contribution in [0.4, 0.5) is 5.69 Å². The lowest BCUT2D eigenvalue weighted by Gasteiger charge is -2.28. The number of rotatable bonds is 6. The number of anilines is 1. The summed E-state index contributed by atoms with van der Waals surface area (Å²) < 4.78 is 0. The van der Waals surface area contributed by atoms with Gasteiger partial charge in [-0.05, 0) is 30.2 Å². The average molecular weight is 339 g/mol. The van der Waals surface area contributed by atoms with E-state index in [-0.39, 0.29) is 5.91 Å². The number of nitrogens with one attached hydrogen (secondary N) is 3. The van der Waals surface area contributed by atoms with Crippen molar-refractivity contribution in [1.29, 1.82) is 0 Å². The van der Waals surface area contributed by atoms with Crippen molar-refractivity contribution in [3.63, 3.8) is 0 Å². The zero-order valence-electron chi connectivity index (χ0n) is 15.1. The molecule has 0 bridgehead atoms. The fourth-order valence-corrected chi connectivity index (χ4v) is 3.45. The lowest BCUT2D eigenvalue weighted by atomic mass is 10.1. The third kappa shape index (κ3) is 5.15. The van der Waals surface area contributed by atoms with Crippen molar-refractivity contribution < 1.29 is 14.6 Å². The van der Waals surface area contributed by atoms with Crippen LogP contribution in [0.3, 0.4) is 0 Å². The van der Waals surface area contributed by atoms with Gasteiger partial charge in [-0.2, -0.15) is 0 Å². The number of amides is 1. The highest BCUT2D eigenvalue weighted by atomic mass is 16.1. The van der Waals surface area contributed by atoms with E-state index in [1.54, 1.807) is 9.80 Å². The Balaban J connectivity index is 1.45. The third-order valence-electron chi connectivity index (χ3n) is 5.15. The molecule has 132 valence electrons. The van der Waals surface area contributed by atoms with Crippen LogP contribution in [0.5, 0.6) is 0 Å². The summed E-state index contributed by atoms with van der Waals surface area (Å²) >= 11 is 0. The molecule has 0 atom stereocenters. The smallest absolute Gasteiger partial charge is 0.230 e. The van der Waals surface area contributed by atoms with Crippen LogP contribution in [0.25, 0.3) is 11.1 Å². The number of piperazine rings is 1. The van der Waals surface area contributed by atoms with Crippen LogP contribution < -0.4 is 15.1 Å². The lowest BCUT2D eigenvalue weighted by Crippen LogP contribution is -3.28. The summed E-state index contributed by atoms with van der Waals surface area (Å²) in [4.78, 5) is 15.4. The first-order valence-electron chi connectivity index (χ1n) is 9.37. The van der Waals surface area contributed by atoms with Gasteiger partial charge in [0.15, 0.2) is 0 Å². The molecule has 0 unspecified atom stereocenters. The van der Waals surface area contributed by atoms with Gasteiger partial charge in [0.25, 0.3) is 0 Å². The molecule has 3 rings (SSSR count). The average Bonchev–Trinajstić information content (AvgIpc) is 2.68. The van der Waals surface area contributed by atoms with Gasteiger partial charge in [-0.25, -0.2) is 0 Å². The van der Waals surface area contributed by atoms with Gasteiger partial charge >= 0.3 is 0 Å². The van der Waals surface area contributed by atoms with E-state index in [1.165, 1.54) is 43.9 Å². The van der Waals surface area contributed by atoms with E-state index in [0.29, 0.717) is 6.42 Å². The van der Waals surface area contributed by atoms with Gasteiger partial charge in [-0.1, -0.05) is 42.5 Å². The van der Waals surface area contributed by atoms with Gasteiger partial charge in [0.05, 0.1) is 19.5 Å². The van der Waals surface area contributed by atoms with E-state index in [4.69, 9.17) is 0 Å². The summed E-state index contributed by atoms with van der Waals surface area (Å²) in [7, 11) is 0. The minimum Gasteiger partial charge on any atom is -0.326 e. The predicted octanol–water partition coefficient (Wildman–Crippen LogP) is 0.486. The van der Waals surface area contributed by atoms with Crippen molar-refractivity contribution in [2.24, 2.45) is 0 Å². The van der Waals surface area contributed by atoms with Crippen molar-refractivity contribution >= 4 is 11.6 Å². The van der Waals surface area contributed by atoms with Crippen LogP contribution in [0.1, 0.15) is 13.3 Å². The van der Waals surface area contributed by atoms with E-state index < -0.39 is 0 Å². The molecule has 1 amide bonds. The van der Waals surface area contributed by atoms with Crippen LogP contribution in [-0.2, 0) is 4.79 Å². The van der Waals surface area contributed by atoms with E-state index >= 15 is 0 Å². The second-order valence-corrected chi connectivity index (χ2v) is 6.85.